The minimum absolute atomic E-state index is 0.139. The Hall–Kier alpha value is -4.26. The maximum atomic E-state index is 12.6. The summed E-state index contributed by atoms with van der Waals surface area (Å²) in [6, 6.07) is 24.5. The van der Waals surface area contributed by atoms with Crippen LogP contribution in [0.5, 0.6) is 0 Å². The molecule has 1 unspecified atom stereocenters. The Kier molecular flexibility index (Phi) is 6.07. The van der Waals surface area contributed by atoms with Gasteiger partial charge in [0.2, 0.25) is 5.91 Å². The SMILES string of the molecule is O=C(Cn1nc(-c2cccc3ccccc23)ccc1=O)NC(Cc1ccccc1)C(=O)O. The van der Waals surface area contributed by atoms with Crippen molar-refractivity contribution in [2.75, 3.05) is 0 Å². The molecule has 3 aromatic carbocycles. The number of amides is 1. The van der Waals surface area contributed by atoms with Crippen LogP contribution in [0.4, 0.5) is 0 Å². The molecular formula is C25H21N3O4. The molecular weight excluding hydrogens is 406 g/mol. The summed E-state index contributed by atoms with van der Waals surface area (Å²) in [5, 5.41) is 18.4. The van der Waals surface area contributed by atoms with Crippen LogP contribution in [-0.4, -0.2) is 32.8 Å². The van der Waals surface area contributed by atoms with Crippen molar-refractivity contribution in [2.24, 2.45) is 0 Å². The van der Waals surface area contributed by atoms with Gasteiger partial charge in [-0.25, -0.2) is 9.48 Å². The van der Waals surface area contributed by atoms with Crippen LogP contribution in [0.15, 0.2) is 89.7 Å². The highest BCUT2D eigenvalue weighted by atomic mass is 16.4. The highest BCUT2D eigenvalue weighted by molar-refractivity contribution is 5.95. The van der Waals surface area contributed by atoms with Crippen molar-refractivity contribution in [3.05, 3.63) is 101 Å². The van der Waals surface area contributed by atoms with Gasteiger partial charge in [-0.1, -0.05) is 72.8 Å². The number of nitrogens with one attached hydrogen (secondary N) is 1. The first-order valence-electron chi connectivity index (χ1n) is 10.1. The van der Waals surface area contributed by atoms with Crippen LogP contribution in [0.2, 0.25) is 0 Å². The predicted octanol–water partition coefficient (Wildman–Crippen LogP) is 2.88. The molecule has 4 aromatic rings. The predicted molar refractivity (Wildman–Crippen MR) is 121 cm³/mol. The molecule has 1 atom stereocenters. The highest BCUT2D eigenvalue weighted by Crippen LogP contribution is 2.26. The Morgan fingerprint density at radius 2 is 1.62 bits per heavy atom. The number of carbonyl (C=O) groups is 2. The largest absolute Gasteiger partial charge is 0.480 e. The summed E-state index contributed by atoms with van der Waals surface area (Å²) < 4.78 is 1.05. The average molecular weight is 427 g/mol. The van der Waals surface area contributed by atoms with Gasteiger partial charge in [0.15, 0.2) is 0 Å². The number of carboxylic acid groups (broad SMARTS) is 1. The molecule has 0 bridgehead atoms. The molecule has 0 spiro atoms. The summed E-state index contributed by atoms with van der Waals surface area (Å²) in [7, 11) is 0. The number of hydrogen-bond donors (Lipinski definition) is 2. The molecule has 0 fully saturated rings. The van der Waals surface area contributed by atoms with Crippen molar-refractivity contribution >= 4 is 22.6 Å². The summed E-state index contributed by atoms with van der Waals surface area (Å²) in [5.41, 5.74) is 1.73. The minimum atomic E-state index is -1.15. The smallest absolute Gasteiger partial charge is 0.326 e. The third-order valence-corrected chi connectivity index (χ3v) is 5.14. The van der Waals surface area contributed by atoms with Gasteiger partial charge < -0.3 is 10.4 Å². The number of nitrogens with zero attached hydrogens (tertiary/aromatic N) is 2. The first-order valence-corrected chi connectivity index (χ1v) is 10.1. The Morgan fingerprint density at radius 3 is 2.41 bits per heavy atom. The maximum Gasteiger partial charge on any atom is 0.326 e. The quantitative estimate of drug-likeness (QED) is 0.472. The van der Waals surface area contributed by atoms with Gasteiger partial charge in [-0.2, -0.15) is 5.10 Å². The van der Waals surface area contributed by atoms with Gasteiger partial charge in [0.1, 0.15) is 12.6 Å². The topological polar surface area (TPSA) is 101 Å². The second-order valence-electron chi connectivity index (χ2n) is 7.39. The molecule has 1 amide bonds. The number of benzene rings is 3. The Labute approximate surface area is 183 Å². The van der Waals surface area contributed by atoms with Gasteiger partial charge in [0.25, 0.3) is 5.56 Å². The van der Waals surface area contributed by atoms with E-state index in [4.69, 9.17) is 0 Å². The lowest BCUT2D eigenvalue weighted by Crippen LogP contribution is -2.44. The van der Waals surface area contributed by atoms with E-state index >= 15 is 0 Å². The van der Waals surface area contributed by atoms with E-state index in [0.29, 0.717) is 5.69 Å². The van der Waals surface area contributed by atoms with E-state index in [1.165, 1.54) is 6.07 Å². The van der Waals surface area contributed by atoms with Crippen LogP contribution in [-0.2, 0) is 22.6 Å². The van der Waals surface area contributed by atoms with E-state index < -0.39 is 23.5 Å². The highest BCUT2D eigenvalue weighted by Gasteiger charge is 2.21. The average Bonchev–Trinajstić information content (AvgIpc) is 2.80. The minimum Gasteiger partial charge on any atom is -0.480 e. The number of hydrogen-bond acceptors (Lipinski definition) is 4. The Morgan fingerprint density at radius 1 is 0.906 bits per heavy atom. The van der Waals surface area contributed by atoms with Crippen LogP contribution < -0.4 is 10.9 Å². The zero-order chi connectivity index (χ0) is 22.5. The maximum absolute atomic E-state index is 12.6. The molecule has 160 valence electrons. The van der Waals surface area contributed by atoms with Crippen LogP contribution >= 0.6 is 0 Å². The van der Waals surface area contributed by atoms with E-state index in [9.17, 15) is 19.5 Å². The zero-order valence-electron chi connectivity index (χ0n) is 17.1. The van der Waals surface area contributed by atoms with Crippen molar-refractivity contribution in [3.63, 3.8) is 0 Å². The number of carboxylic acids is 1. The van der Waals surface area contributed by atoms with Gasteiger partial charge in [0.05, 0.1) is 5.69 Å². The van der Waals surface area contributed by atoms with E-state index in [0.717, 1.165) is 26.6 Å². The number of aromatic nitrogens is 2. The number of carbonyl (C=O) groups excluding carboxylic acids is 1. The number of rotatable bonds is 7. The first kappa shape index (κ1) is 21.0. The molecule has 0 aliphatic rings. The summed E-state index contributed by atoms with van der Waals surface area (Å²) >= 11 is 0. The van der Waals surface area contributed by atoms with E-state index in [1.807, 2.05) is 48.5 Å². The summed E-state index contributed by atoms with van der Waals surface area (Å²) in [4.78, 5) is 36.5. The molecule has 0 aliphatic carbocycles. The fourth-order valence-corrected chi connectivity index (χ4v) is 3.58. The van der Waals surface area contributed by atoms with Crippen molar-refractivity contribution < 1.29 is 14.7 Å². The number of fused-ring (bicyclic) bond motifs is 1. The molecule has 7 nitrogen and oxygen atoms in total. The second kappa shape index (κ2) is 9.26. The third kappa shape index (κ3) is 4.73. The van der Waals surface area contributed by atoms with Crippen molar-refractivity contribution in [1.29, 1.82) is 0 Å². The van der Waals surface area contributed by atoms with Crippen LogP contribution in [0.1, 0.15) is 5.56 Å². The summed E-state index contributed by atoms with van der Waals surface area (Å²) in [5.74, 6) is -1.75. The second-order valence-corrected chi connectivity index (χ2v) is 7.39. The van der Waals surface area contributed by atoms with Gasteiger partial charge in [-0.3, -0.25) is 9.59 Å². The van der Waals surface area contributed by atoms with E-state index in [-0.39, 0.29) is 13.0 Å². The van der Waals surface area contributed by atoms with Gasteiger partial charge >= 0.3 is 5.97 Å². The van der Waals surface area contributed by atoms with Crippen molar-refractivity contribution in [2.45, 2.75) is 19.0 Å². The van der Waals surface area contributed by atoms with Crippen LogP contribution in [0, 0.1) is 0 Å². The van der Waals surface area contributed by atoms with Gasteiger partial charge in [-0.05, 0) is 22.4 Å². The first-order chi connectivity index (χ1) is 15.5. The lowest BCUT2D eigenvalue weighted by Gasteiger charge is -2.15. The molecule has 1 aromatic heterocycles. The molecule has 1 heterocycles. The van der Waals surface area contributed by atoms with E-state index in [2.05, 4.69) is 10.4 Å². The zero-order valence-corrected chi connectivity index (χ0v) is 17.1. The van der Waals surface area contributed by atoms with Gasteiger partial charge in [-0.15, -0.1) is 0 Å². The lowest BCUT2D eigenvalue weighted by molar-refractivity contribution is -0.141. The standard InChI is InChI=1S/C25H21N3O4/c29-23(26-22(25(31)32)15-17-7-2-1-3-8-17)16-28-24(30)14-13-21(27-28)20-12-6-10-18-9-4-5-11-19(18)20/h1-14,22H,15-16H2,(H,26,29)(H,31,32). The van der Waals surface area contributed by atoms with E-state index in [1.54, 1.807) is 30.3 Å². The normalized spacial score (nSPS) is 11.8. The third-order valence-electron chi connectivity index (χ3n) is 5.14. The van der Waals surface area contributed by atoms with Gasteiger partial charge in [0, 0.05) is 18.1 Å². The molecule has 2 N–H and O–H groups in total. The monoisotopic (exact) mass is 427 g/mol. The molecule has 0 radical (unpaired) electrons. The van der Waals surface area contributed by atoms with Crippen molar-refractivity contribution in [1.82, 2.24) is 15.1 Å². The van der Waals surface area contributed by atoms with Crippen LogP contribution in [0.25, 0.3) is 22.0 Å². The molecule has 0 saturated heterocycles. The summed E-state index contributed by atoms with van der Waals surface area (Å²) in [6.45, 7) is -0.379. The van der Waals surface area contributed by atoms with Crippen LogP contribution in [0.3, 0.4) is 0 Å². The fourth-order valence-electron chi connectivity index (χ4n) is 3.58. The van der Waals surface area contributed by atoms with Crippen molar-refractivity contribution in [3.8, 4) is 11.3 Å². The molecule has 4 rings (SSSR count). The molecule has 32 heavy (non-hydrogen) atoms. The molecule has 0 aliphatic heterocycles. The molecule has 0 saturated carbocycles. The Balaban J connectivity index is 1.55. The number of aliphatic carboxylic acids is 1. The Bertz CT molecular complexity index is 1330. The molecule has 7 heteroatoms. The fraction of sp³-hybridized carbons (Fsp3) is 0.120. The lowest BCUT2D eigenvalue weighted by atomic mass is 10.0. The summed E-state index contributed by atoms with van der Waals surface area (Å²) in [6.07, 6.45) is 0.139.